The first kappa shape index (κ1) is 20.2. The average Bonchev–Trinajstić information content (AvgIpc) is 2.67. The van der Waals surface area contributed by atoms with Gasteiger partial charge in [0.2, 0.25) is 0 Å². The molecule has 3 heteroatoms. The molecule has 2 aromatic rings. The van der Waals surface area contributed by atoms with Crippen molar-refractivity contribution in [3.8, 4) is 11.5 Å². The highest BCUT2D eigenvalue weighted by Crippen LogP contribution is 2.22. The Labute approximate surface area is 158 Å². The maximum atomic E-state index is 6.00. The lowest BCUT2D eigenvalue weighted by Gasteiger charge is -2.13. The molecule has 0 radical (unpaired) electrons. The topological polar surface area (TPSA) is 30.5 Å². The van der Waals surface area contributed by atoms with E-state index in [2.05, 4.69) is 49.5 Å². The van der Waals surface area contributed by atoms with Gasteiger partial charge in [-0.05, 0) is 31.0 Å². The fourth-order valence-corrected chi connectivity index (χ4v) is 2.73. The van der Waals surface area contributed by atoms with Crippen LogP contribution in [0.2, 0.25) is 0 Å². The maximum Gasteiger partial charge on any atom is 0.124 e. The van der Waals surface area contributed by atoms with Gasteiger partial charge in [0.1, 0.15) is 11.5 Å². The van der Waals surface area contributed by atoms with Gasteiger partial charge < -0.3 is 14.8 Å². The summed E-state index contributed by atoms with van der Waals surface area (Å²) in [5.74, 6) is 1.90. The first-order chi connectivity index (χ1) is 12.8. The summed E-state index contributed by atoms with van der Waals surface area (Å²) in [4.78, 5) is 0. The third-order valence-electron chi connectivity index (χ3n) is 4.31. The minimum atomic E-state index is 0.740. The predicted octanol–water partition coefficient (Wildman–Crippen LogP) is 6.44. The Bertz CT molecular complexity index is 627. The van der Waals surface area contributed by atoms with E-state index in [-0.39, 0.29) is 0 Å². The molecule has 0 aliphatic rings. The monoisotopic (exact) mass is 355 g/mol. The Hall–Kier alpha value is -2.16. The minimum Gasteiger partial charge on any atom is -0.494 e. The molecule has 1 N–H and O–H groups in total. The lowest BCUT2D eigenvalue weighted by atomic mass is 10.2. The summed E-state index contributed by atoms with van der Waals surface area (Å²) in [6, 6.07) is 16.4. The Kier molecular flexibility index (Phi) is 9.48. The minimum absolute atomic E-state index is 0.740. The number of ether oxygens (including phenoxy) is 2. The van der Waals surface area contributed by atoms with Crippen LogP contribution < -0.4 is 14.8 Å². The maximum absolute atomic E-state index is 6.00. The number of unbranched alkanes of at least 4 members (excludes halogenated alkanes) is 4. The molecule has 0 atom stereocenters. The molecule has 0 heterocycles. The molecular weight excluding hydrogens is 322 g/mol. The van der Waals surface area contributed by atoms with Crippen molar-refractivity contribution in [3.63, 3.8) is 0 Å². The van der Waals surface area contributed by atoms with E-state index in [1.807, 2.05) is 18.2 Å². The third-order valence-corrected chi connectivity index (χ3v) is 4.31. The molecule has 0 spiro atoms. The number of hydrogen-bond donors (Lipinski definition) is 1. The first-order valence-electron chi connectivity index (χ1n) is 10.0. The van der Waals surface area contributed by atoms with E-state index in [1.54, 1.807) is 0 Å². The van der Waals surface area contributed by atoms with E-state index in [0.717, 1.165) is 56.2 Å². The fraction of sp³-hybridized carbons (Fsp3) is 0.478. The Balaban J connectivity index is 1.86. The molecule has 0 saturated carbocycles. The Morgan fingerprint density at radius 2 is 1.58 bits per heavy atom. The van der Waals surface area contributed by atoms with E-state index in [9.17, 15) is 0 Å². The van der Waals surface area contributed by atoms with Crippen LogP contribution in [0.25, 0.3) is 0 Å². The number of para-hydroxylation sites is 1. The molecule has 26 heavy (non-hydrogen) atoms. The molecular formula is C23H33NO2. The van der Waals surface area contributed by atoms with Crippen molar-refractivity contribution >= 4 is 5.69 Å². The lowest BCUT2D eigenvalue weighted by Crippen LogP contribution is -2.05. The number of hydrogen-bond acceptors (Lipinski definition) is 3. The largest absolute Gasteiger partial charge is 0.494 e. The van der Waals surface area contributed by atoms with Gasteiger partial charge in [0, 0.05) is 23.9 Å². The summed E-state index contributed by atoms with van der Waals surface area (Å²) in [5.41, 5.74) is 2.25. The van der Waals surface area contributed by atoms with E-state index in [4.69, 9.17) is 9.47 Å². The molecule has 0 aromatic heterocycles. The summed E-state index contributed by atoms with van der Waals surface area (Å²) >= 11 is 0. The number of nitrogens with one attached hydrogen (secondary N) is 1. The smallest absolute Gasteiger partial charge is 0.124 e. The molecule has 0 aliphatic heterocycles. The molecule has 0 fully saturated rings. The molecule has 0 unspecified atom stereocenters. The lowest BCUT2D eigenvalue weighted by molar-refractivity contribution is 0.302. The van der Waals surface area contributed by atoms with Crippen molar-refractivity contribution in [3.05, 3.63) is 54.1 Å². The molecule has 0 bridgehead atoms. The van der Waals surface area contributed by atoms with Gasteiger partial charge >= 0.3 is 0 Å². The zero-order valence-corrected chi connectivity index (χ0v) is 16.3. The van der Waals surface area contributed by atoms with Gasteiger partial charge in [0.25, 0.3) is 0 Å². The second-order valence-electron chi connectivity index (χ2n) is 6.60. The fourth-order valence-electron chi connectivity index (χ4n) is 2.73. The number of anilines is 1. The van der Waals surface area contributed by atoms with Crippen LogP contribution >= 0.6 is 0 Å². The highest BCUT2D eigenvalue weighted by atomic mass is 16.5. The highest BCUT2D eigenvalue weighted by Gasteiger charge is 2.04. The van der Waals surface area contributed by atoms with Gasteiger partial charge in [-0.25, -0.2) is 0 Å². The number of rotatable bonds is 13. The molecule has 0 aliphatic carbocycles. The summed E-state index contributed by atoms with van der Waals surface area (Å²) in [6.45, 7) is 6.70. The average molecular weight is 356 g/mol. The van der Waals surface area contributed by atoms with Crippen LogP contribution in [0, 0.1) is 0 Å². The van der Waals surface area contributed by atoms with Crippen LogP contribution in [0.15, 0.2) is 48.5 Å². The van der Waals surface area contributed by atoms with Gasteiger partial charge in [-0.15, -0.1) is 0 Å². The van der Waals surface area contributed by atoms with E-state index >= 15 is 0 Å². The SMILES string of the molecule is CCCCCCOc1ccccc1CNc1cccc(OCCCC)c1. The van der Waals surface area contributed by atoms with Gasteiger partial charge in [-0.3, -0.25) is 0 Å². The molecule has 3 nitrogen and oxygen atoms in total. The van der Waals surface area contributed by atoms with Crippen molar-refractivity contribution in [2.24, 2.45) is 0 Å². The highest BCUT2D eigenvalue weighted by molar-refractivity contribution is 5.49. The summed E-state index contributed by atoms with van der Waals surface area (Å²) < 4.78 is 11.8. The zero-order chi connectivity index (χ0) is 18.5. The third kappa shape index (κ3) is 7.38. The molecule has 2 aromatic carbocycles. The zero-order valence-electron chi connectivity index (χ0n) is 16.3. The van der Waals surface area contributed by atoms with Crippen molar-refractivity contribution in [1.29, 1.82) is 0 Å². The number of benzene rings is 2. The van der Waals surface area contributed by atoms with Gasteiger partial charge in [-0.2, -0.15) is 0 Å². The molecule has 0 saturated heterocycles. The predicted molar refractivity (Wildman–Crippen MR) is 110 cm³/mol. The van der Waals surface area contributed by atoms with Crippen LogP contribution in [0.4, 0.5) is 5.69 Å². The molecule has 2 rings (SSSR count). The second-order valence-corrected chi connectivity index (χ2v) is 6.60. The second kappa shape index (κ2) is 12.2. The normalized spacial score (nSPS) is 10.5. The van der Waals surface area contributed by atoms with Gasteiger partial charge in [0.05, 0.1) is 13.2 Å². The van der Waals surface area contributed by atoms with Crippen LogP contribution in [0.3, 0.4) is 0 Å². The van der Waals surface area contributed by atoms with Crippen molar-refractivity contribution < 1.29 is 9.47 Å². The molecule has 142 valence electrons. The van der Waals surface area contributed by atoms with Crippen LogP contribution in [0.5, 0.6) is 11.5 Å². The van der Waals surface area contributed by atoms with Crippen LogP contribution in [-0.2, 0) is 6.54 Å². The summed E-state index contributed by atoms with van der Waals surface area (Å²) in [6.07, 6.45) is 7.12. The van der Waals surface area contributed by atoms with Crippen molar-refractivity contribution in [2.75, 3.05) is 18.5 Å². The van der Waals surface area contributed by atoms with E-state index in [1.165, 1.54) is 24.8 Å². The summed E-state index contributed by atoms with van der Waals surface area (Å²) in [5, 5.41) is 3.48. The Morgan fingerprint density at radius 1 is 0.769 bits per heavy atom. The van der Waals surface area contributed by atoms with Crippen molar-refractivity contribution in [2.45, 2.75) is 58.9 Å². The van der Waals surface area contributed by atoms with Crippen molar-refractivity contribution in [1.82, 2.24) is 0 Å². The van der Waals surface area contributed by atoms with E-state index < -0.39 is 0 Å². The molecule has 0 amide bonds. The van der Waals surface area contributed by atoms with Gasteiger partial charge in [0.15, 0.2) is 0 Å². The standard InChI is InChI=1S/C23H33NO2/c1-3-5-7-10-17-26-23-15-9-8-12-20(23)19-24-21-13-11-14-22(18-21)25-16-6-4-2/h8-9,11-15,18,24H,3-7,10,16-17,19H2,1-2H3. The van der Waals surface area contributed by atoms with E-state index in [0.29, 0.717) is 0 Å². The summed E-state index contributed by atoms with van der Waals surface area (Å²) in [7, 11) is 0. The van der Waals surface area contributed by atoms with Crippen LogP contribution in [-0.4, -0.2) is 13.2 Å². The first-order valence-corrected chi connectivity index (χ1v) is 10.0. The van der Waals surface area contributed by atoms with Crippen LogP contribution in [0.1, 0.15) is 57.9 Å². The van der Waals surface area contributed by atoms with Gasteiger partial charge in [-0.1, -0.05) is 63.8 Å². The Morgan fingerprint density at radius 3 is 2.42 bits per heavy atom. The quantitative estimate of drug-likeness (QED) is 0.420.